The predicted octanol–water partition coefficient (Wildman–Crippen LogP) is 2.60. The van der Waals surface area contributed by atoms with Crippen LogP contribution < -0.4 is 5.32 Å². The molecule has 2 amide bonds. The van der Waals surface area contributed by atoms with Crippen molar-refractivity contribution in [1.82, 2.24) is 19.4 Å². The molecule has 1 aromatic carbocycles. The molecule has 1 fully saturated rings. The number of para-hydroxylation sites is 1. The van der Waals surface area contributed by atoms with Gasteiger partial charge in [-0.25, -0.2) is 4.98 Å². The third kappa shape index (κ3) is 2.43. The second kappa shape index (κ2) is 6.27. The number of carbonyl (C=O) groups excluding carboxylic acids is 2. The molecule has 0 unspecified atom stereocenters. The van der Waals surface area contributed by atoms with E-state index in [1.165, 1.54) is 0 Å². The van der Waals surface area contributed by atoms with Gasteiger partial charge < -0.3 is 14.8 Å². The smallest absolute Gasteiger partial charge is 0.256 e. The summed E-state index contributed by atoms with van der Waals surface area (Å²) in [5.74, 6) is 0.482. The summed E-state index contributed by atoms with van der Waals surface area (Å²) in [6.45, 7) is 2.37. The maximum absolute atomic E-state index is 13.5. The van der Waals surface area contributed by atoms with Crippen LogP contribution in [0.5, 0.6) is 0 Å². The fraction of sp³-hybridized carbons (Fsp3) is 0.273. The zero-order valence-electron chi connectivity index (χ0n) is 16.3. The number of benzene rings is 1. The van der Waals surface area contributed by atoms with Crippen LogP contribution in [0.3, 0.4) is 0 Å². The van der Waals surface area contributed by atoms with Gasteiger partial charge in [-0.1, -0.05) is 18.2 Å². The van der Waals surface area contributed by atoms with Crippen LogP contribution in [0, 0.1) is 6.92 Å². The van der Waals surface area contributed by atoms with Gasteiger partial charge in [-0.05, 0) is 36.6 Å². The van der Waals surface area contributed by atoms with E-state index in [0.717, 1.165) is 16.8 Å². The summed E-state index contributed by atoms with van der Waals surface area (Å²) in [6, 6.07) is 9.06. The lowest BCUT2D eigenvalue weighted by Crippen LogP contribution is -2.43. The van der Waals surface area contributed by atoms with E-state index in [-0.39, 0.29) is 11.8 Å². The molecule has 2 aliphatic rings. The van der Waals surface area contributed by atoms with Crippen LogP contribution in [0.4, 0.5) is 5.69 Å². The number of aromatic nitrogens is 3. The molecule has 4 heterocycles. The Kier molecular flexibility index (Phi) is 3.81. The summed E-state index contributed by atoms with van der Waals surface area (Å²) < 4.78 is 1.89. The first kappa shape index (κ1) is 17.6. The molecule has 7 heteroatoms. The Labute approximate surface area is 168 Å². The first-order valence-corrected chi connectivity index (χ1v) is 9.63. The number of fused-ring (bicyclic) bond motifs is 2. The van der Waals surface area contributed by atoms with Crippen molar-refractivity contribution in [3.8, 4) is 0 Å². The molecule has 7 nitrogen and oxygen atoms in total. The summed E-state index contributed by atoms with van der Waals surface area (Å²) >= 11 is 0. The number of pyridine rings is 1. The van der Waals surface area contributed by atoms with Gasteiger partial charge in [-0.15, -0.1) is 0 Å². The van der Waals surface area contributed by atoms with Gasteiger partial charge >= 0.3 is 0 Å². The first-order valence-electron chi connectivity index (χ1n) is 9.63. The molecule has 0 bridgehead atoms. The monoisotopic (exact) mass is 387 g/mol. The molecule has 2 aliphatic heterocycles. The summed E-state index contributed by atoms with van der Waals surface area (Å²) in [6.07, 6.45) is 7.39. The standard InChI is InChI=1S/C22H21N5O2/c1-14-11-15(13-23-12-14)20(28)27-9-7-22(18(27)19-24-8-10-26(19)2)16-5-3-4-6-17(16)25-21(22)29/h3-6,8,10-13,18H,7,9H2,1-2H3,(H,25,29)/t18-,22+/m0/s1. The maximum atomic E-state index is 13.5. The molecule has 29 heavy (non-hydrogen) atoms. The second-order valence-corrected chi connectivity index (χ2v) is 7.77. The van der Waals surface area contributed by atoms with Crippen LogP contribution in [-0.4, -0.2) is 37.8 Å². The lowest BCUT2D eigenvalue weighted by molar-refractivity contribution is -0.121. The Hall–Kier alpha value is -3.48. The number of likely N-dealkylation sites (tertiary alicyclic amines) is 1. The maximum Gasteiger partial charge on any atom is 0.256 e. The van der Waals surface area contributed by atoms with Crippen molar-refractivity contribution >= 4 is 17.5 Å². The summed E-state index contributed by atoms with van der Waals surface area (Å²) in [4.78, 5) is 37.3. The highest BCUT2D eigenvalue weighted by Gasteiger charge is 2.60. The number of carbonyl (C=O) groups is 2. The van der Waals surface area contributed by atoms with Gasteiger partial charge in [0.05, 0.1) is 5.56 Å². The second-order valence-electron chi connectivity index (χ2n) is 7.77. The zero-order valence-corrected chi connectivity index (χ0v) is 16.3. The van der Waals surface area contributed by atoms with Crippen molar-refractivity contribution in [2.24, 2.45) is 7.05 Å². The quantitative estimate of drug-likeness (QED) is 0.733. The van der Waals surface area contributed by atoms with E-state index < -0.39 is 11.5 Å². The summed E-state index contributed by atoms with van der Waals surface area (Å²) in [5.41, 5.74) is 2.32. The number of aryl methyl sites for hydroxylation is 2. The predicted molar refractivity (Wildman–Crippen MR) is 107 cm³/mol. The molecule has 0 aliphatic carbocycles. The highest BCUT2D eigenvalue weighted by atomic mass is 16.2. The topological polar surface area (TPSA) is 80.1 Å². The summed E-state index contributed by atoms with van der Waals surface area (Å²) in [5, 5.41) is 3.02. The molecule has 3 aromatic rings. The third-order valence-electron chi connectivity index (χ3n) is 6.07. The van der Waals surface area contributed by atoms with E-state index in [9.17, 15) is 9.59 Å². The SMILES string of the molecule is Cc1cncc(C(=O)N2CC[C@]3(C(=O)Nc4ccccc43)[C@@H]2c2nccn2C)c1. The number of rotatable bonds is 2. The Morgan fingerprint density at radius 3 is 2.86 bits per heavy atom. The molecule has 5 rings (SSSR count). The number of nitrogens with zero attached hydrogens (tertiary/aromatic N) is 4. The van der Waals surface area contributed by atoms with Gasteiger partial charge in [-0.3, -0.25) is 14.6 Å². The molecule has 146 valence electrons. The van der Waals surface area contributed by atoms with Crippen molar-refractivity contribution in [2.45, 2.75) is 24.8 Å². The average Bonchev–Trinajstić information content (AvgIpc) is 3.38. The van der Waals surface area contributed by atoms with Crippen molar-refractivity contribution in [1.29, 1.82) is 0 Å². The molecule has 2 atom stereocenters. The average molecular weight is 387 g/mol. The normalized spacial score (nSPS) is 22.8. The minimum Gasteiger partial charge on any atom is -0.336 e. The van der Waals surface area contributed by atoms with Gasteiger partial charge in [0.1, 0.15) is 17.3 Å². The number of imidazole rings is 1. The Morgan fingerprint density at radius 1 is 1.28 bits per heavy atom. The minimum atomic E-state index is -0.859. The van der Waals surface area contributed by atoms with E-state index in [4.69, 9.17) is 0 Å². The molecule has 0 saturated carbocycles. The van der Waals surface area contributed by atoms with E-state index in [0.29, 0.717) is 24.4 Å². The van der Waals surface area contributed by atoms with E-state index in [1.807, 2.05) is 55.1 Å². The number of hydrogen-bond acceptors (Lipinski definition) is 4. The van der Waals surface area contributed by atoms with Crippen LogP contribution in [0.25, 0.3) is 0 Å². The van der Waals surface area contributed by atoms with Gasteiger partial charge in [0.15, 0.2) is 0 Å². The van der Waals surface area contributed by atoms with Crippen LogP contribution in [0.1, 0.15) is 39.8 Å². The fourth-order valence-electron chi connectivity index (χ4n) is 4.74. The molecule has 2 aromatic heterocycles. The number of hydrogen-bond donors (Lipinski definition) is 1. The molecule has 1 N–H and O–H groups in total. The van der Waals surface area contributed by atoms with Crippen LogP contribution >= 0.6 is 0 Å². The van der Waals surface area contributed by atoms with Gasteiger partial charge in [0.2, 0.25) is 5.91 Å². The molecule has 1 spiro atoms. The highest BCUT2D eigenvalue weighted by molar-refractivity contribution is 6.08. The number of nitrogens with one attached hydrogen (secondary N) is 1. The summed E-state index contributed by atoms with van der Waals surface area (Å²) in [7, 11) is 1.89. The zero-order chi connectivity index (χ0) is 20.2. The molecular formula is C22H21N5O2. The lowest BCUT2D eigenvalue weighted by atomic mass is 9.74. The lowest BCUT2D eigenvalue weighted by Gasteiger charge is -2.33. The van der Waals surface area contributed by atoms with Crippen molar-refractivity contribution in [2.75, 3.05) is 11.9 Å². The van der Waals surface area contributed by atoms with Crippen LogP contribution in [-0.2, 0) is 17.3 Å². The fourth-order valence-corrected chi connectivity index (χ4v) is 4.74. The molecule has 1 saturated heterocycles. The van der Waals surface area contributed by atoms with Crippen LogP contribution in [0.15, 0.2) is 55.1 Å². The van der Waals surface area contributed by atoms with Gasteiger partial charge in [0, 0.05) is 44.1 Å². The Balaban J connectivity index is 1.68. The van der Waals surface area contributed by atoms with Gasteiger partial charge in [-0.2, -0.15) is 0 Å². The van der Waals surface area contributed by atoms with E-state index in [1.54, 1.807) is 23.5 Å². The van der Waals surface area contributed by atoms with Crippen molar-refractivity contribution in [3.05, 3.63) is 77.6 Å². The molecular weight excluding hydrogens is 366 g/mol. The minimum absolute atomic E-state index is 0.0793. The number of amides is 2. The highest BCUT2D eigenvalue weighted by Crippen LogP contribution is 2.54. The van der Waals surface area contributed by atoms with Gasteiger partial charge in [0.25, 0.3) is 5.91 Å². The number of anilines is 1. The van der Waals surface area contributed by atoms with Crippen molar-refractivity contribution < 1.29 is 9.59 Å². The van der Waals surface area contributed by atoms with E-state index in [2.05, 4.69) is 15.3 Å². The molecule has 0 radical (unpaired) electrons. The third-order valence-corrected chi connectivity index (χ3v) is 6.07. The first-order chi connectivity index (χ1) is 14.0. The van der Waals surface area contributed by atoms with E-state index >= 15 is 0 Å². The largest absolute Gasteiger partial charge is 0.336 e. The Bertz CT molecular complexity index is 1140. The van der Waals surface area contributed by atoms with Crippen molar-refractivity contribution in [3.63, 3.8) is 0 Å². The van der Waals surface area contributed by atoms with Crippen LogP contribution in [0.2, 0.25) is 0 Å². The Morgan fingerprint density at radius 2 is 2.10 bits per heavy atom.